The van der Waals surface area contributed by atoms with Crippen LogP contribution in [0.1, 0.15) is 12.6 Å². The molecule has 0 bridgehead atoms. The number of aromatic nitrogens is 4. The fourth-order valence-electron chi connectivity index (χ4n) is 2.05. The van der Waals surface area contributed by atoms with Crippen LogP contribution >= 0.6 is 11.8 Å². The molecule has 0 unspecified atom stereocenters. The minimum Gasteiger partial charge on any atom is -0.395 e. The zero-order valence-corrected chi connectivity index (χ0v) is 12.2. The Kier molecular flexibility index (Phi) is 3.31. The first-order valence-electron chi connectivity index (χ1n) is 6.41. The number of benzene rings is 1. The highest BCUT2D eigenvalue weighted by molar-refractivity contribution is 7.99. The van der Waals surface area contributed by atoms with Gasteiger partial charge in [0.15, 0.2) is 0 Å². The molecule has 1 aromatic carbocycles. The lowest BCUT2D eigenvalue weighted by Crippen LogP contribution is -1.99. The summed E-state index contributed by atoms with van der Waals surface area (Å²) in [4.78, 5) is 8.66. The smallest absolute Gasteiger partial charge is 0.124 e. The Morgan fingerprint density at radius 2 is 2.05 bits per heavy atom. The van der Waals surface area contributed by atoms with E-state index < -0.39 is 0 Å². The van der Waals surface area contributed by atoms with E-state index in [9.17, 15) is 0 Å². The fraction of sp³-hybridized carbons (Fsp3) is 0.214. The molecule has 5 nitrogen and oxygen atoms in total. The third-order valence-electron chi connectivity index (χ3n) is 3.12. The Balaban J connectivity index is 2.10. The summed E-state index contributed by atoms with van der Waals surface area (Å²) in [6.45, 7) is 4.75. The molecule has 0 radical (unpaired) electrons. The number of hydrogen-bond acceptors (Lipinski definition) is 5. The van der Waals surface area contributed by atoms with Crippen LogP contribution in [0.5, 0.6) is 0 Å². The first kappa shape index (κ1) is 12.9. The minimum atomic E-state index is 0.722. The summed E-state index contributed by atoms with van der Waals surface area (Å²) in [7, 11) is 0. The van der Waals surface area contributed by atoms with Gasteiger partial charge >= 0.3 is 0 Å². The van der Waals surface area contributed by atoms with Gasteiger partial charge in [-0.2, -0.15) is 5.10 Å². The molecule has 0 saturated heterocycles. The van der Waals surface area contributed by atoms with Crippen molar-refractivity contribution in [1.29, 1.82) is 0 Å². The van der Waals surface area contributed by atoms with Gasteiger partial charge in [0.05, 0.1) is 16.9 Å². The van der Waals surface area contributed by atoms with Crippen molar-refractivity contribution in [2.45, 2.75) is 30.4 Å². The van der Waals surface area contributed by atoms with E-state index in [1.807, 2.05) is 42.8 Å². The van der Waals surface area contributed by atoms with E-state index in [0.29, 0.717) is 0 Å². The van der Waals surface area contributed by atoms with E-state index in [2.05, 4.69) is 15.1 Å². The van der Waals surface area contributed by atoms with Crippen molar-refractivity contribution >= 4 is 28.4 Å². The largest absolute Gasteiger partial charge is 0.395 e. The number of rotatable bonds is 3. The van der Waals surface area contributed by atoms with Crippen LogP contribution in [0.25, 0.3) is 10.9 Å². The van der Waals surface area contributed by atoms with Crippen LogP contribution < -0.4 is 5.73 Å². The number of nitrogen functional groups attached to an aromatic ring is 1. The van der Waals surface area contributed by atoms with Gasteiger partial charge in [0.2, 0.25) is 0 Å². The molecule has 0 aliphatic carbocycles. The van der Waals surface area contributed by atoms with Crippen LogP contribution in [0.15, 0.2) is 40.6 Å². The van der Waals surface area contributed by atoms with Crippen LogP contribution in [0.2, 0.25) is 0 Å². The molecular formula is C14H15N5S. The maximum absolute atomic E-state index is 6.12. The summed E-state index contributed by atoms with van der Waals surface area (Å²) >= 11 is 1.54. The quantitative estimate of drug-likeness (QED) is 0.749. The van der Waals surface area contributed by atoms with Crippen molar-refractivity contribution < 1.29 is 0 Å². The van der Waals surface area contributed by atoms with Crippen molar-refractivity contribution in [2.24, 2.45) is 0 Å². The lowest BCUT2D eigenvalue weighted by atomic mass is 10.2. The zero-order valence-electron chi connectivity index (χ0n) is 11.4. The summed E-state index contributed by atoms with van der Waals surface area (Å²) in [5.41, 5.74) is 8.63. The van der Waals surface area contributed by atoms with Gasteiger partial charge in [0.25, 0.3) is 0 Å². The fourth-order valence-corrected chi connectivity index (χ4v) is 3.15. The van der Waals surface area contributed by atoms with Crippen molar-refractivity contribution in [2.75, 3.05) is 5.73 Å². The molecule has 0 aliphatic heterocycles. The Labute approximate surface area is 121 Å². The van der Waals surface area contributed by atoms with Crippen LogP contribution in [-0.4, -0.2) is 19.7 Å². The second-order valence-electron chi connectivity index (χ2n) is 4.42. The lowest BCUT2D eigenvalue weighted by molar-refractivity contribution is 0.602. The Bertz CT molecular complexity index is 760. The van der Waals surface area contributed by atoms with Gasteiger partial charge in [-0.15, -0.1) is 0 Å². The van der Waals surface area contributed by atoms with E-state index in [4.69, 9.17) is 5.73 Å². The molecule has 0 saturated carbocycles. The van der Waals surface area contributed by atoms with Gasteiger partial charge in [-0.1, -0.05) is 18.2 Å². The first-order chi connectivity index (χ1) is 9.70. The number of nitrogens with zero attached hydrogens (tertiary/aromatic N) is 4. The van der Waals surface area contributed by atoms with Gasteiger partial charge < -0.3 is 5.73 Å². The average molecular weight is 285 g/mol. The Morgan fingerprint density at radius 3 is 2.85 bits per heavy atom. The molecule has 3 rings (SSSR count). The number of fused-ring (bicyclic) bond motifs is 1. The monoisotopic (exact) mass is 285 g/mol. The predicted molar refractivity (Wildman–Crippen MR) is 80.7 cm³/mol. The van der Waals surface area contributed by atoms with Gasteiger partial charge in [0, 0.05) is 11.9 Å². The van der Waals surface area contributed by atoms with E-state index in [1.54, 1.807) is 18.1 Å². The van der Waals surface area contributed by atoms with Crippen molar-refractivity contribution in [3.63, 3.8) is 0 Å². The topological polar surface area (TPSA) is 69.6 Å². The van der Waals surface area contributed by atoms with Crippen LogP contribution in [0.3, 0.4) is 0 Å². The lowest BCUT2D eigenvalue weighted by Gasteiger charge is -2.07. The Hall–Kier alpha value is -2.08. The highest BCUT2D eigenvalue weighted by Gasteiger charge is 2.15. The van der Waals surface area contributed by atoms with Gasteiger partial charge in [-0.05, 0) is 31.7 Å². The van der Waals surface area contributed by atoms with Crippen molar-refractivity contribution in [3.8, 4) is 0 Å². The Morgan fingerprint density at radius 1 is 1.25 bits per heavy atom. The number of para-hydroxylation sites is 1. The SMILES string of the molecule is CCn1nc(C)c(N)c1Sc1ncnc2ccccc12. The second kappa shape index (κ2) is 5.13. The molecule has 20 heavy (non-hydrogen) atoms. The molecule has 0 fully saturated rings. The number of anilines is 1. The minimum absolute atomic E-state index is 0.722. The maximum atomic E-state index is 6.12. The van der Waals surface area contributed by atoms with Gasteiger partial charge in [-0.25, -0.2) is 9.97 Å². The summed E-state index contributed by atoms with van der Waals surface area (Å²) in [5, 5.41) is 7.30. The number of aryl methyl sites for hydroxylation is 2. The first-order valence-corrected chi connectivity index (χ1v) is 7.22. The predicted octanol–water partition coefficient (Wildman–Crippen LogP) is 2.89. The zero-order chi connectivity index (χ0) is 14.1. The molecular weight excluding hydrogens is 270 g/mol. The van der Waals surface area contributed by atoms with Gasteiger partial charge in [-0.3, -0.25) is 4.68 Å². The normalized spacial score (nSPS) is 11.1. The summed E-state index contributed by atoms with van der Waals surface area (Å²) < 4.78 is 1.91. The van der Waals surface area contributed by atoms with E-state index in [0.717, 1.165) is 38.9 Å². The summed E-state index contributed by atoms with van der Waals surface area (Å²) in [5.74, 6) is 0. The molecule has 0 aliphatic rings. The molecule has 0 spiro atoms. The standard InChI is InChI=1S/C14H15N5S/c1-3-19-14(12(15)9(2)18-19)20-13-10-6-4-5-7-11(10)16-8-17-13/h4-8H,3,15H2,1-2H3. The van der Waals surface area contributed by atoms with E-state index in [-0.39, 0.29) is 0 Å². The number of hydrogen-bond donors (Lipinski definition) is 1. The van der Waals surface area contributed by atoms with Crippen LogP contribution in [0, 0.1) is 6.92 Å². The molecule has 2 N–H and O–H groups in total. The number of nitrogens with two attached hydrogens (primary N) is 1. The average Bonchev–Trinajstić information content (AvgIpc) is 2.75. The van der Waals surface area contributed by atoms with Gasteiger partial charge in [0.1, 0.15) is 16.4 Å². The van der Waals surface area contributed by atoms with Crippen molar-refractivity contribution in [3.05, 3.63) is 36.3 Å². The second-order valence-corrected chi connectivity index (χ2v) is 5.40. The summed E-state index contributed by atoms with van der Waals surface area (Å²) in [6.07, 6.45) is 1.58. The third-order valence-corrected chi connectivity index (χ3v) is 4.27. The van der Waals surface area contributed by atoms with E-state index >= 15 is 0 Å². The van der Waals surface area contributed by atoms with Crippen LogP contribution in [0.4, 0.5) is 5.69 Å². The van der Waals surface area contributed by atoms with Crippen LogP contribution in [-0.2, 0) is 6.54 Å². The summed E-state index contributed by atoms with van der Waals surface area (Å²) in [6, 6.07) is 7.96. The highest BCUT2D eigenvalue weighted by Crippen LogP contribution is 2.35. The maximum Gasteiger partial charge on any atom is 0.124 e. The molecule has 3 aromatic rings. The molecule has 0 atom stereocenters. The molecule has 102 valence electrons. The third kappa shape index (κ3) is 2.12. The van der Waals surface area contributed by atoms with E-state index in [1.165, 1.54) is 0 Å². The highest BCUT2D eigenvalue weighted by atomic mass is 32.2. The molecule has 2 heterocycles. The molecule has 6 heteroatoms. The molecule has 2 aromatic heterocycles. The van der Waals surface area contributed by atoms with Crippen molar-refractivity contribution in [1.82, 2.24) is 19.7 Å². The molecule has 0 amide bonds.